The third kappa shape index (κ3) is 2.75. The van der Waals surface area contributed by atoms with Gasteiger partial charge in [-0.25, -0.2) is 4.98 Å². The third-order valence-corrected chi connectivity index (χ3v) is 7.79. The monoisotopic (exact) mass is 399 g/mol. The Labute approximate surface area is 168 Å². The number of aromatic nitrogens is 1. The van der Waals surface area contributed by atoms with E-state index in [1.165, 1.54) is 16.2 Å². The van der Waals surface area contributed by atoms with Crippen LogP contribution in [0, 0.1) is 23.7 Å². The standard InChI is InChI=1S/C21H25N3O3S/c1-12-5-6-14-15(11-12)28-19(22-14)23-16(25)8-10-24-17(26)13-7-9-21(4,18(24)27)20(13,2)3/h5-6,11,13H,7-10H2,1-4H3,(H,22,23,25). The third-order valence-electron chi connectivity index (χ3n) is 6.86. The topological polar surface area (TPSA) is 79.4 Å². The van der Waals surface area contributed by atoms with Crippen molar-refractivity contribution in [1.29, 1.82) is 0 Å². The molecule has 4 rings (SSSR count). The maximum atomic E-state index is 13.0. The molecule has 3 amide bonds. The highest BCUT2D eigenvalue weighted by atomic mass is 32.1. The van der Waals surface area contributed by atoms with Crippen LogP contribution in [-0.4, -0.2) is 34.2 Å². The lowest BCUT2D eigenvalue weighted by molar-refractivity contribution is -0.167. The lowest BCUT2D eigenvalue weighted by Gasteiger charge is -2.47. The molecule has 1 aromatic carbocycles. The first-order valence-electron chi connectivity index (χ1n) is 9.66. The highest BCUT2D eigenvalue weighted by Gasteiger charge is 2.64. The molecule has 2 atom stereocenters. The van der Waals surface area contributed by atoms with E-state index < -0.39 is 5.41 Å². The number of aryl methyl sites for hydroxylation is 1. The van der Waals surface area contributed by atoms with Gasteiger partial charge in [0.15, 0.2) is 5.13 Å². The molecule has 1 N–H and O–H groups in total. The van der Waals surface area contributed by atoms with Crippen LogP contribution in [0.3, 0.4) is 0 Å². The highest BCUT2D eigenvalue weighted by molar-refractivity contribution is 7.22. The zero-order valence-corrected chi connectivity index (χ0v) is 17.5. The number of likely N-dealkylation sites (tertiary alicyclic amines) is 1. The predicted octanol–water partition coefficient (Wildman–Crippen LogP) is 3.74. The number of hydrogen-bond acceptors (Lipinski definition) is 5. The van der Waals surface area contributed by atoms with Crippen molar-refractivity contribution in [2.45, 2.75) is 47.0 Å². The van der Waals surface area contributed by atoms with Crippen molar-refractivity contribution >= 4 is 44.4 Å². The van der Waals surface area contributed by atoms with Gasteiger partial charge in [0, 0.05) is 18.9 Å². The molecule has 7 heteroatoms. The molecule has 148 valence electrons. The Morgan fingerprint density at radius 3 is 2.82 bits per heavy atom. The van der Waals surface area contributed by atoms with Gasteiger partial charge in [0.05, 0.1) is 15.6 Å². The van der Waals surface area contributed by atoms with Crippen molar-refractivity contribution in [3.05, 3.63) is 23.8 Å². The highest BCUT2D eigenvalue weighted by Crippen LogP contribution is 2.60. The van der Waals surface area contributed by atoms with Crippen LogP contribution in [-0.2, 0) is 14.4 Å². The Bertz CT molecular complexity index is 996. The zero-order chi connectivity index (χ0) is 20.3. The Hall–Kier alpha value is -2.28. The lowest BCUT2D eigenvalue weighted by Crippen LogP contribution is -2.59. The lowest BCUT2D eigenvalue weighted by atomic mass is 9.62. The van der Waals surface area contributed by atoms with E-state index in [4.69, 9.17) is 0 Å². The van der Waals surface area contributed by atoms with Gasteiger partial charge in [0.1, 0.15) is 0 Å². The second-order valence-corrected chi connectivity index (χ2v) is 9.76. The molecule has 2 bridgehead atoms. The Balaban J connectivity index is 1.43. The van der Waals surface area contributed by atoms with Gasteiger partial charge >= 0.3 is 0 Å². The molecule has 1 aromatic heterocycles. The molecule has 1 saturated heterocycles. The summed E-state index contributed by atoms with van der Waals surface area (Å²) in [5, 5.41) is 3.34. The molecule has 2 aromatic rings. The number of nitrogens with one attached hydrogen (secondary N) is 1. The van der Waals surface area contributed by atoms with E-state index in [0.717, 1.165) is 28.6 Å². The van der Waals surface area contributed by atoms with E-state index >= 15 is 0 Å². The summed E-state index contributed by atoms with van der Waals surface area (Å²) < 4.78 is 1.02. The first kappa shape index (κ1) is 19.1. The number of thiazole rings is 1. The first-order valence-corrected chi connectivity index (χ1v) is 10.5. The molecule has 1 saturated carbocycles. The molecular weight excluding hydrogens is 374 g/mol. The van der Waals surface area contributed by atoms with Crippen molar-refractivity contribution in [2.75, 3.05) is 11.9 Å². The number of anilines is 1. The molecular formula is C21H25N3O3S. The van der Waals surface area contributed by atoms with E-state index in [1.54, 1.807) is 0 Å². The number of fused-ring (bicyclic) bond motifs is 3. The van der Waals surface area contributed by atoms with Gasteiger partial charge in [0.25, 0.3) is 0 Å². The summed E-state index contributed by atoms with van der Waals surface area (Å²) in [6.07, 6.45) is 1.54. The van der Waals surface area contributed by atoms with Crippen molar-refractivity contribution in [2.24, 2.45) is 16.7 Å². The van der Waals surface area contributed by atoms with Crippen LogP contribution >= 0.6 is 11.3 Å². The van der Waals surface area contributed by atoms with E-state index in [1.807, 2.05) is 45.9 Å². The molecule has 1 aliphatic heterocycles. The fourth-order valence-corrected chi connectivity index (χ4v) is 5.57. The van der Waals surface area contributed by atoms with Crippen LogP contribution in [0.4, 0.5) is 5.13 Å². The molecule has 1 aliphatic carbocycles. The van der Waals surface area contributed by atoms with Gasteiger partial charge in [0.2, 0.25) is 17.7 Å². The van der Waals surface area contributed by atoms with Crippen molar-refractivity contribution in [3.8, 4) is 0 Å². The minimum absolute atomic E-state index is 0.0790. The summed E-state index contributed by atoms with van der Waals surface area (Å²) in [7, 11) is 0. The van der Waals surface area contributed by atoms with Crippen LogP contribution in [0.5, 0.6) is 0 Å². The molecule has 2 unspecified atom stereocenters. The minimum atomic E-state index is -0.535. The van der Waals surface area contributed by atoms with Gasteiger partial charge in [-0.15, -0.1) is 0 Å². The summed E-state index contributed by atoms with van der Waals surface area (Å²) in [6, 6.07) is 5.95. The van der Waals surface area contributed by atoms with E-state index in [0.29, 0.717) is 5.13 Å². The van der Waals surface area contributed by atoms with Crippen molar-refractivity contribution < 1.29 is 14.4 Å². The Morgan fingerprint density at radius 1 is 1.32 bits per heavy atom. The number of nitrogens with zero attached hydrogens (tertiary/aromatic N) is 2. The normalized spacial score (nSPS) is 26.1. The van der Waals surface area contributed by atoms with Crippen molar-refractivity contribution in [1.82, 2.24) is 9.88 Å². The number of rotatable bonds is 4. The van der Waals surface area contributed by atoms with Crippen LogP contribution in [0.25, 0.3) is 10.2 Å². The quantitative estimate of drug-likeness (QED) is 0.794. The Kier molecular flexibility index (Phi) is 4.34. The summed E-state index contributed by atoms with van der Waals surface area (Å²) in [5.74, 6) is -0.655. The van der Waals surface area contributed by atoms with Crippen LogP contribution < -0.4 is 5.32 Å². The van der Waals surface area contributed by atoms with Crippen LogP contribution in [0.15, 0.2) is 18.2 Å². The molecule has 0 spiro atoms. The molecule has 6 nitrogen and oxygen atoms in total. The smallest absolute Gasteiger partial charge is 0.235 e. The Morgan fingerprint density at radius 2 is 2.07 bits per heavy atom. The maximum Gasteiger partial charge on any atom is 0.235 e. The number of benzene rings is 1. The SMILES string of the molecule is Cc1ccc2nc(NC(=O)CCN3C(=O)C4CCC(C)(C3=O)C4(C)C)sc2c1. The number of carbonyl (C=O) groups is 3. The number of imide groups is 1. The number of amides is 3. The summed E-state index contributed by atoms with van der Waals surface area (Å²) in [6.45, 7) is 8.12. The van der Waals surface area contributed by atoms with Crippen LogP contribution in [0.2, 0.25) is 0 Å². The fraction of sp³-hybridized carbons (Fsp3) is 0.524. The number of piperidine rings is 1. The maximum absolute atomic E-state index is 13.0. The van der Waals surface area contributed by atoms with Gasteiger partial charge in [-0.3, -0.25) is 19.3 Å². The largest absolute Gasteiger partial charge is 0.302 e. The van der Waals surface area contributed by atoms with E-state index in [2.05, 4.69) is 10.3 Å². The van der Waals surface area contributed by atoms with Crippen LogP contribution in [0.1, 0.15) is 45.6 Å². The van der Waals surface area contributed by atoms with Gasteiger partial charge in [-0.1, -0.05) is 38.2 Å². The van der Waals surface area contributed by atoms with E-state index in [9.17, 15) is 14.4 Å². The number of carbonyl (C=O) groups excluding carboxylic acids is 3. The fourth-order valence-electron chi connectivity index (χ4n) is 4.59. The average molecular weight is 400 g/mol. The summed E-state index contributed by atoms with van der Waals surface area (Å²) in [5.41, 5.74) is 1.12. The summed E-state index contributed by atoms with van der Waals surface area (Å²) >= 11 is 1.42. The molecule has 2 fully saturated rings. The predicted molar refractivity (Wildman–Crippen MR) is 109 cm³/mol. The van der Waals surface area contributed by atoms with E-state index in [-0.39, 0.29) is 42.0 Å². The second-order valence-electron chi connectivity index (χ2n) is 8.73. The molecule has 0 radical (unpaired) electrons. The van der Waals surface area contributed by atoms with Gasteiger partial charge < -0.3 is 5.32 Å². The first-order chi connectivity index (χ1) is 13.1. The average Bonchev–Trinajstić information content (AvgIpc) is 3.08. The molecule has 28 heavy (non-hydrogen) atoms. The number of hydrogen-bond donors (Lipinski definition) is 1. The van der Waals surface area contributed by atoms with Crippen molar-refractivity contribution in [3.63, 3.8) is 0 Å². The second kappa shape index (κ2) is 6.37. The molecule has 2 aliphatic rings. The molecule has 2 heterocycles. The van der Waals surface area contributed by atoms with Gasteiger partial charge in [-0.2, -0.15) is 0 Å². The minimum Gasteiger partial charge on any atom is -0.302 e. The van der Waals surface area contributed by atoms with Gasteiger partial charge in [-0.05, 0) is 42.9 Å². The summed E-state index contributed by atoms with van der Waals surface area (Å²) in [4.78, 5) is 44.0. The zero-order valence-electron chi connectivity index (χ0n) is 16.7.